The molecular weight excluding hydrogens is 370 g/mol. The number of methoxy groups -OCH3 is 1. The molecule has 0 unspecified atom stereocenters. The first-order valence-corrected chi connectivity index (χ1v) is 10.0. The highest BCUT2D eigenvalue weighted by Gasteiger charge is 2.07. The quantitative estimate of drug-likeness (QED) is 0.336. The maximum absolute atomic E-state index is 6.11. The van der Waals surface area contributed by atoms with E-state index in [9.17, 15) is 0 Å². The molecule has 150 valence electrons. The molecule has 0 saturated carbocycles. The van der Waals surface area contributed by atoms with Crippen LogP contribution in [0.4, 0.5) is 5.69 Å². The molecule has 4 aromatic carbocycles. The second kappa shape index (κ2) is 8.83. The Bertz CT molecular complexity index is 1210. The van der Waals surface area contributed by atoms with Gasteiger partial charge in [-0.05, 0) is 71.1 Å². The average Bonchev–Trinajstić information content (AvgIpc) is 2.78. The maximum atomic E-state index is 6.11. The summed E-state index contributed by atoms with van der Waals surface area (Å²) >= 11 is 0. The van der Waals surface area contributed by atoms with Gasteiger partial charge in [0.1, 0.15) is 6.61 Å². The van der Waals surface area contributed by atoms with Crippen molar-refractivity contribution in [1.82, 2.24) is 0 Å². The molecule has 0 spiro atoms. The Hall–Kier alpha value is -3.59. The van der Waals surface area contributed by atoms with Gasteiger partial charge in [-0.3, -0.25) is 4.99 Å². The summed E-state index contributed by atoms with van der Waals surface area (Å²) in [6.07, 6.45) is 1.86. The van der Waals surface area contributed by atoms with Crippen molar-refractivity contribution in [2.24, 2.45) is 4.99 Å². The summed E-state index contributed by atoms with van der Waals surface area (Å²) < 4.78 is 11.7. The highest BCUT2D eigenvalue weighted by atomic mass is 16.5. The molecule has 4 rings (SSSR count). The summed E-state index contributed by atoms with van der Waals surface area (Å²) in [5.41, 5.74) is 5.44. The average molecular weight is 396 g/mol. The zero-order valence-corrected chi connectivity index (χ0v) is 17.6. The maximum Gasteiger partial charge on any atom is 0.161 e. The van der Waals surface area contributed by atoms with Gasteiger partial charge < -0.3 is 9.47 Å². The molecule has 0 aliphatic carbocycles. The smallest absolute Gasteiger partial charge is 0.161 e. The molecule has 4 aromatic rings. The predicted molar refractivity (Wildman–Crippen MR) is 124 cm³/mol. The Kier molecular flexibility index (Phi) is 5.80. The number of nitrogens with zero attached hydrogens (tertiary/aromatic N) is 1. The van der Waals surface area contributed by atoms with E-state index in [1.807, 2.05) is 24.4 Å². The first kappa shape index (κ1) is 19.7. The minimum atomic E-state index is 0.480. The molecule has 0 fully saturated rings. The van der Waals surface area contributed by atoms with Crippen molar-refractivity contribution in [2.75, 3.05) is 7.11 Å². The zero-order chi connectivity index (χ0) is 20.9. The van der Waals surface area contributed by atoms with Crippen molar-refractivity contribution < 1.29 is 9.47 Å². The van der Waals surface area contributed by atoms with Gasteiger partial charge in [0.05, 0.1) is 12.8 Å². The van der Waals surface area contributed by atoms with Gasteiger partial charge in [-0.2, -0.15) is 0 Å². The van der Waals surface area contributed by atoms with E-state index in [1.165, 1.54) is 16.3 Å². The van der Waals surface area contributed by atoms with E-state index in [2.05, 4.69) is 79.5 Å². The summed E-state index contributed by atoms with van der Waals surface area (Å²) in [5, 5.41) is 2.42. The van der Waals surface area contributed by atoms with Gasteiger partial charge in [-0.25, -0.2) is 0 Å². The van der Waals surface area contributed by atoms with Gasteiger partial charge in [0, 0.05) is 6.21 Å². The van der Waals surface area contributed by atoms with Crippen molar-refractivity contribution >= 4 is 22.7 Å². The first-order chi connectivity index (χ1) is 14.6. The number of hydrogen-bond donors (Lipinski definition) is 0. The van der Waals surface area contributed by atoms with Crippen molar-refractivity contribution in [3.63, 3.8) is 0 Å². The molecule has 0 atom stereocenters. The largest absolute Gasteiger partial charge is 0.493 e. The molecule has 3 nitrogen and oxygen atoms in total. The Morgan fingerprint density at radius 3 is 2.53 bits per heavy atom. The van der Waals surface area contributed by atoms with E-state index in [4.69, 9.17) is 9.47 Å². The van der Waals surface area contributed by atoms with E-state index in [0.29, 0.717) is 18.1 Å². The Morgan fingerprint density at radius 2 is 1.67 bits per heavy atom. The molecule has 0 aromatic heterocycles. The standard InChI is InChI=1S/C27H25NO2/c1-19-11-12-20(2)25(15-19)28-17-21-13-14-26(27(16-21)29-3)30-18-23-9-6-8-22-7-4-5-10-24(22)23/h4-17H,18H2,1-3H3. The third kappa shape index (κ3) is 4.36. The number of ether oxygens (including phenoxy) is 2. The molecule has 0 aliphatic heterocycles. The summed E-state index contributed by atoms with van der Waals surface area (Å²) in [4.78, 5) is 4.65. The van der Waals surface area contributed by atoms with E-state index in [1.54, 1.807) is 7.11 Å². The van der Waals surface area contributed by atoms with Crippen molar-refractivity contribution in [1.29, 1.82) is 0 Å². The van der Waals surface area contributed by atoms with Crippen LogP contribution in [0.5, 0.6) is 11.5 Å². The monoisotopic (exact) mass is 395 g/mol. The van der Waals surface area contributed by atoms with Crippen LogP contribution in [0.3, 0.4) is 0 Å². The molecule has 0 saturated heterocycles. The molecule has 0 heterocycles. The van der Waals surface area contributed by atoms with Gasteiger partial charge in [-0.15, -0.1) is 0 Å². The second-order valence-electron chi connectivity index (χ2n) is 7.39. The van der Waals surface area contributed by atoms with Crippen molar-refractivity contribution in [2.45, 2.75) is 20.5 Å². The first-order valence-electron chi connectivity index (χ1n) is 10.0. The van der Waals surface area contributed by atoms with E-state index >= 15 is 0 Å². The van der Waals surface area contributed by atoms with Crippen molar-refractivity contribution in [3.8, 4) is 11.5 Å². The predicted octanol–water partition coefficient (Wildman–Crippen LogP) is 6.79. The number of fused-ring (bicyclic) bond motifs is 1. The molecular formula is C27H25NO2. The number of aryl methyl sites for hydroxylation is 2. The lowest BCUT2D eigenvalue weighted by molar-refractivity contribution is 0.285. The molecule has 0 N–H and O–H groups in total. The summed E-state index contributed by atoms with van der Waals surface area (Å²) in [7, 11) is 1.66. The highest BCUT2D eigenvalue weighted by molar-refractivity contribution is 5.85. The number of benzene rings is 4. The van der Waals surface area contributed by atoms with E-state index < -0.39 is 0 Å². The van der Waals surface area contributed by atoms with Crippen LogP contribution < -0.4 is 9.47 Å². The van der Waals surface area contributed by atoms with Gasteiger partial charge in [0.15, 0.2) is 11.5 Å². The van der Waals surface area contributed by atoms with Gasteiger partial charge in [0.2, 0.25) is 0 Å². The topological polar surface area (TPSA) is 30.8 Å². The normalized spacial score (nSPS) is 11.2. The number of hydrogen-bond acceptors (Lipinski definition) is 3. The number of rotatable bonds is 6. The van der Waals surface area contributed by atoms with Crippen LogP contribution in [0.15, 0.2) is 83.9 Å². The molecule has 3 heteroatoms. The summed E-state index contributed by atoms with van der Waals surface area (Å²) in [6.45, 7) is 4.62. The summed E-state index contributed by atoms with van der Waals surface area (Å²) in [5.74, 6) is 1.41. The third-order valence-corrected chi connectivity index (χ3v) is 5.17. The van der Waals surface area contributed by atoms with Crippen LogP contribution in [-0.4, -0.2) is 13.3 Å². The lowest BCUT2D eigenvalue weighted by Crippen LogP contribution is -1.99. The molecule has 30 heavy (non-hydrogen) atoms. The van der Waals surface area contributed by atoms with Gasteiger partial charge in [0.25, 0.3) is 0 Å². The Labute approximate surface area is 177 Å². The lowest BCUT2D eigenvalue weighted by atomic mass is 10.1. The van der Waals surface area contributed by atoms with Crippen LogP contribution in [0, 0.1) is 13.8 Å². The molecule has 0 bridgehead atoms. The fourth-order valence-electron chi connectivity index (χ4n) is 3.46. The number of aliphatic imine (C=N–C) groups is 1. The third-order valence-electron chi connectivity index (χ3n) is 5.17. The SMILES string of the molecule is COc1cc(C=Nc2cc(C)ccc2C)ccc1OCc1cccc2ccccc12. The fourth-order valence-corrected chi connectivity index (χ4v) is 3.46. The fraction of sp³-hybridized carbons (Fsp3) is 0.148. The van der Waals surface area contributed by atoms with Crippen LogP contribution in [-0.2, 0) is 6.61 Å². The molecule has 0 aliphatic rings. The Morgan fingerprint density at radius 1 is 0.833 bits per heavy atom. The molecule has 0 radical (unpaired) electrons. The van der Waals surface area contributed by atoms with Crippen LogP contribution >= 0.6 is 0 Å². The van der Waals surface area contributed by atoms with Crippen molar-refractivity contribution in [3.05, 3.63) is 101 Å². The van der Waals surface area contributed by atoms with Crippen LogP contribution in [0.1, 0.15) is 22.3 Å². The second-order valence-corrected chi connectivity index (χ2v) is 7.39. The molecule has 0 amide bonds. The van der Waals surface area contributed by atoms with Gasteiger partial charge in [-0.1, -0.05) is 54.6 Å². The summed E-state index contributed by atoms with van der Waals surface area (Å²) in [6, 6.07) is 26.8. The van der Waals surface area contributed by atoms with E-state index in [0.717, 1.165) is 22.4 Å². The lowest BCUT2D eigenvalue weighted by Gasteiger charge is -2.13. The van der Waals surface area contributed by atoms with E-state index in [-0.39, 0.29) is 0 Å². The highest BCUT2D eigenvalue weighted by Crippen LogP contribution is 2.30. The zero-order valence-electron chi connectivity index (χ0n) is 17.6. The van der Waals surface area contributed by atoms with Crippen LogP contribution in [0.2, 0.25) is 0 Å². The minimum absolute atomic E-state index is 0.480. The minimum Gasteiger partial charge on any atom is -0.493 e. The Balaban J connectivity index is 1.53. The van der Waals surface area contributed by atoms with Gasteiger partial charge >= 0.3 is 0 Å². The van der Waals surface area contributed by atoms with Crippen LogP contribution in [0.25, 0.3) is 10.8 Å².